The summed E-state index contributed by atoms with van der Waals surface area (Å²) in [6.07, 6.45) is 0. The molecule has 3 rings (SSSR count). The maximum atomic E-state index is 13.1. The van der Waals surface area contributed by atoms with Gasteiger partial charge in [-0.1, -0.05) is 18.2 Å². The maximum absolute atomic E-state index is 13.1. The van der Waals surface area contributed by atoms with Crippen molar-refractivity contribution in [2.45, 2.75) is 20.5 Å². The van der Waals surface area contributed by atoms with Gasteiger partial charge < -0.3 is 10.1 Å². The molecule has 1 heterocycles. The van der Waals surface area contributed by atoms with Crippen LogP contribution in [0.5, 0.6) is 5.75 Å². The molecule has 0 saturated heterocycles. The van der Waals surface area contributed by atoms with Gasteiger partial charge in [0, 0.05) is 17.3 Å². The molecular formula is C20H18FNO2S. The zero-order valence-corrected chi connectivity index (χ0v) is 14.8. The van der Waals surface area contributed by atoms with E-state index < -0.39 is 0 Å². The molecule has 1 amide bonds. The van der Waals surface area contributed by atoms with Crippen LogP contribution in [0.2, 0.25) is 0 Å². The molecule has 3 aromatic rings. The van der Waals surface area contributed by atoms with Gasteiger partial charge in [0.2, 0.25) is 0 Å². The van der Waals surface area contributed by atoms with Gasteiger partial charge in [-0.25, -0.2) is 4.39 Å². The third-order valence-corrected chi connectivity index (χ3v) is 4.91. The Morgan fingerprint density at radius 3 is 2.76 bits per heavy atom. The van der Waals surface area contributed by atoms with E-state index in [1.54, 1.807) is 18.2 Å². The Balaban J connectivity index is 1.64. The second-order valence-corrected chi connectivity index (χ2v) is 6.68. The fraction of sp³-hybridized carbons (Fsp3) is 0.150. The summed E-state index contributed by atoms with van der Waals surface area (Å²) in [4.78, 5) is 13.0. The summed E-state index contributed by atoms with van der Waals surface area (Å²) in [6, 6.07) is 13.6. The first-order valence-corrected chi connectivity index (χ1v) is 8.74. The average molecular weight is 355 g/mol. The molecule has 0 aliphatic rings. The molecule has 0 aliphatic heterocycles. The Bertz CT molecular complexity index is 904. The number of amides is 1. The lowest BCUT2D eigenvalue weighted by atomic mass is 10.1. The monoisotopic (exact) mass is 355 g/mol. The largest absolute Gasteiger partial charge is 0.489 e. The summed E-state index contributed by atoms with van der Waals surface area (Å²) < 4.78 is 18.7. The van der Waals surface area contributed by atoms with E-state index >= 15 is 0 Å². The molecule has 1 aromatic heterocycles. The SMILES string of the molecule is Cc1cccc(NC(=O)c2cc(COc3cccc(F)c3)cs2)c1C. The molecule has 0 bridgehead atoms. The van der Waals surface area contributed by atoms with Crippen molar-refractivity contribution in [1.82, 2.24) is 0 Å². The normalized spacial score (nSPS) is 10.5. The van der Waals surface area contributed by atoms with Gasteiger partial charge in [0.05, 0.1) is 4.88 Å². The number of halogens is 1. The summed E-state index contributed by atoms with van der Waals surface area (Å²) in [6.45, 7) is 4.28. The first kappa shape index (κ1) is 17.2. The van der Waals surface area contributed by atoms with E-state index in [2.05, 4.69) is 5.32 Å². The highest BCUT2D eigenvalue weighted by Gasteiger charge is 2.11. The number of rotatable bonds is 5. The molecule has 1 N–H and O–H groups in total. The summed E-state index contributed by atoms with van der Waals surface area (Å²) >= 11 is 1.36. The average Bonchev–Trinajstić information content (AvgIpc) is 3.06. The second kappa shape index (κ2) is 7.49. The quantitative estimate of drug-likeness (QED) is 0.671. The molecule has 0 unspecified atom stereocenters. The number of carbonyl (C=O) groups excluding carboxylic acids is 1. The van der Waals surface area contributed by atoms with Crippen molar-refractivity contribution < 1.29 is 13.9 Å². The molecule has 5 heteroatoms. The molecule has 0 aliphatic carbocycles. The highest BCUT2D eigenvalue weighted by molar-refractivity contribution is 7.12. The molecule has 128 valence electrons. The fourth-order valence-corrected chi connectivity index (χ4v) is 3.16. The Labute approximate surface area is 150 Å². The number of nitrogens with one attached hydrogen (secondary N) is 1. The molecule has 0 atom stereocenters. The number of aryl methyl sites for hydroxylation is 1. The summed E-state index contributed by atoms with van der Waals surface area (Å²) in [5, 5.41) is 4.82. The van der Waals surface area contributed by atoms with Crippen LogP contribution in [-0.4, -0.2) is 5.91 Å². The fourth-order valence-electron chi connectivity index (χ4n) is 2.36. The van der Waals surface area contributed by atoms with Crippen molar-refractivity contribution >= 4 is 22.9 Å². The van der Waals surface area contributed by atoms with Crippen LogP contribution in [0.1, 0.15) is 26.4 Å². The molecule has 2 aromatic carbocycles. The van der Waals surface area contributed by atoms with Crippen LogP contribution in [0.25, 0.3) is 0 Å². The predicted octanol–water partition coefficient (Wildman–Crippen LogP) is 5.34. The number of hydrogen-bond donors (Lipinski definition) is 1. The second-order valence-electron chi connectivity index (χ2n) is 5.77. The van der Waals surface area contributed by atoms with Crippen LogP contribution >= 0.6 is 11.3 Å². The predicted molar refractivity (Wildman–Crippen MR) is 98.9 cm³/mol. The van der Waals surface area contributed by atoms with E-state index in [1.165, 1.54) is 23.5 Å². The third-order valence-electron chi connectivity index (χ3n) is 3.93. The van der Waals surface area contributed by atoms with Crippen molar-refractivity contribution in [2.24, 2.45) is 0 Å². The van der Waals surface area contributed by atoms with E-state index in [0.29, 0.717) is 10.6 Å². The van der Waals surface area contributed by atoms with Gasteiger partial charge in [-0.05, 0) is 54.6 Å². The molecule has 25 heavy (non-hydrogen) atoms. The van der Waals surface area contributed by atoms with Crippen molar-refractivity contribution in [3.63, 3.8) is 0 Å². The zero-order chi connectivity index (χ0) is 17.8. The lowest BCUT2D eigenvalue weighted by Gasteiger charge is -2.09. The minimum absolute atomic E-state index is 0.143. The van der Waals surface area contributed by atoms with Crippen LogP contribution in [-0.2, 0) is 6.61 Å². The van der Waals surface area contributed by atoms with Crippen LogP contribution in [0.3, 0.4) is 0 Å². The number of carbonyl (C=O) groups is 1. The Hall–Kier alpha value is -2.66. The van der Waals surface area contributed by atoms with E-state index in [0.717, 1.165) is 22.4 Å². The molecular weight excluding hydrogens is 337 g/mol. The molecule has 3 nitrogen and oxygen atoms in total. The highest BCUT2D eigenvalue weighted by atomic mass is 32.1. The lowest BCUT2D eigenvalue weighted by molar-refractivity contribution is 0.103. The van der Waals surface area contributed by atoms with E-state index in [1.807, 2.05) is 37.4 Å². The van der Waals surface area contributed by atoms with Gasteiger partial charge in [0.15, 0.2) is 0 Å². The number of thiophene rings is 1. The Morgan fingerprint density at radius 1 is 1.16 bits per heavy atom. The van der Waals surface area contributed by atoms with Crippen molar-refractivity contribution in [1.29, 1.82) is 0 Å². The summed E-state index contributed by atoms with van der Waals surface area (Å²) in [5.74, 6) is -0.0142. The number of anilines is 1. The van der Waals surface area contributed by atoms with E-state index in [-0.39, 0.29) is 18.3 Å². The van der Waals surface area contributed by atoms with Crippen LogP contribution in [0.4, 0.5) is 10.1 Å². The first-order valence-electron chi connectivity index (χ1n) is 7.86. The topological polar surface area (TPSA) is 38.3 Å². The van der Waals surface area contributed by atoms with Gasteiger partial charge in [0.25, 0.3) is 5.91 Å². The highest BCUT2D eigenvalue weighted by Crippen LogP contribution is 2.22. The number of hydrogen-bond acceptors (Lipinski definition) is 3. The van der Waals surface area contributed by atoms with Gasteiger partial charge in [-0.3, -0.25) is 4.79 Å². The lowest BCUT2D eigenvalue weighted by Crippen LogP contribution is -2.11. The minimum atomic E-state index is -0.337. The zero-order valence-electron chi connectivity index (χ0n) is 14.0. The summed E-state index contributed by atoms with van der Waals surface area (Å²) in [5.41, 5.74) is 3.88. The summed E-state index contributed by atoms with van der Waals surface area (Å²) in [7, 11) is 0. The van der Waals surface area contributed by atoms with Crippen LogP contribution in [0, 0.1) is 19.7 Å². The Morgan fingerprint density at radius 2 is 1.96 bits per heavy atom. The third kappa shape index (κ3) is 4.25. The van der Waals surface area contributed by atoms with Crippen LogP contribution in [0.15, 0.2) is 53.9 Å². The van der Waals surface area contributed by atoms with E-state index in [4.69, 9.17) is 4.74 Å². The minimum Gasteiger partial charge on any atom is -0.489 e. The Kier molecular flexibility index (Phi) is 5.14. The molecule has 0 fully saturated rings. The van der Waals surface area contributed by atoms with E-state index in [9.17, 15) is 9.18 Å². The van der Waals surface area contributed by atoms with Gasteiger partial charge in [0.1, 0.15) is 18.2 Å². The standard InChI is InChI=1S/C20H18FNO2S/c1-13-5-3-8-18(14(13)2)22-20(23)19-9-15(12-25-19)11-24-17-7-4-6-16(21)10-17/h3-10,12H,11H2,1-2H3,(H,22,23). The van der Waals surface area contributed by atoms with Gasteiger partial charge >= 0.3 is 0 Å². The maximum Gasteiger partial charge on any atom is 0.265 e. The number of ether oxygens (including phenoxy) is 1. The van der Waals surface area contributed by atoms with Crippen molar-refractivity contribution in [3.8, 4) is 5.75 Å². The smallest absolute Gasteiger partial charge is 0.265 e. The van der Waals surface area contributed by atoms with Gasteiger partial charge in [-0.2, -0.15) is 0 Å². The van der Waals surface area contributed by atoms with Crippen LogP contribution < -0.4 is 10.1 Å². The van der Waals surface area contributed by atoms with Crippen molar-refractivity contribution in [2.75, 3.05) is 5.32 Å². The number of benzene rings is 2. The first-order chi connectivity index (χ1) is 12.0. The molecule has 0 radical (unpaired) electrons. The van der Waals surface area contributed by atoms with Gasteiger partial charge in [-0.15, -0.1) is 11.3 Å². The van der Waals surface area contributed by atoms with Crippen molar-refractivity contribution in [3.05, 3.63) is 81.3 Å². The molecule has 0 spiro atoms. The molecule has 0 saturated carbocycles.